The van der Waals surface area contributed by atoms with Gasteiger partial charge in [-0.1, -0.05) is 26.0 Å². The lowest BCUT2D eigenvalue weighted by atomic mass is 9.91. The SMILES string of the molecule is CC(C)(C)Cc1cn(C(C)(C)C)nn1. The van der Waals surface area contributed by atoms with Crippen LogP contribution in [0.4, 0.5) is 0 Å². The summed E-state index contributed by atoms with van der Waals surface area (Å²) >= 11 is 0. The van der Waals surface area contributed by atoms with E-state index in [1.54, 1.807) is 0 Å². The zero-order valence-corrected chi connectivity index (χ0v) is 10.1. The van der Waals surface area contributed by atoms with E-state index < -0.39 is 0 Å². The summed E-state index contributed by atoms with van der Waals surface area (Å²) in [6.45, 7) is 13.0. The summed E-state index contributed by atoms with van der Waals surface area (Å²) < 4.78 is 1.92. The van der Waals surface area contributed by atoms with E-state index in [2.05, 4.69) is 51.9 Å². The van der Waals surface area contributed by atoms with Crippen LogP contribution in [0.25, 0.3) is 0 Å². The Bertz CT molecular complexity index is 299. The molecule has 0 aliphatic carbocycles. The Labute approximate surface area is 86.5 Å². The molecule has 1 rings (SSSR count). The molecule has 0 aliphatic rings. The van der Waals surface area contributed by atoms with Gasteiger partial charge in [-0.2, -0.15) is 0 Å². The average molecular weight is 195 g/mol. The van der Waals surface area contributed by atoms with Crippen LogP contribution < -0.4 is 0 Å². The van der Waals surface area contributed by atoms with Gasteiger partial charge >= 0.3 is 0 Å². The Balaban J connectivity index is 2.79. The van der Waals surface area contributed by atoms with Gasteiger partial charge in [-0.3, -0.25) is 0 Å². The molecule has 0 amide bonds. The third-order valence-electron chi connectivity index (χ3n) is 1.94. The van der Waals surface area contributed by atoms with Crippen molar-refractivity contribution >= 4 is 0 Å². The van der Waals surface area contributed by atoms with Gasteiger partial charge in [0.15, 0.2) is 0 Å². The zero-order chi connectivity index (χ0) is 11.0. The molecule has 0 bridgehead atoms. The molecule has 0 unspecified atom stereocenters. The van der Waals surface area contributed by atoms with Crippen LogP contribution in [0, 0.1) is 5.41 Å². The molecule has 0 N–H and O–H groups in total. The first-order chi connectivity index (χ1) is 6.18. The van der Waals surface area contributed by atoms with Crippen LogP contribution in [0.15, 0.2) is 6.20 Å². The fourth-order valence-electron chi connectivity index (χ4n) is 1.25. The number of rotatable bonds is 1. The third kappa shape index (κ3) is 3.13. The van der Waals surface area contributed by atoms with Crippen LogP contribution >= 0.6 is 0 Å². The first-order valence-electron chi connectivity index (χ1n) is 5.10. The summed E-state index contributed by atoms with van der Waals surface area (Å²) in [5.41, 5.74) is 1.38. The molecule has 1 heterocycles. The van der Waals surface area contributed by atoms with Gasteiger partial charge in [0, 0.05) is 6.20 Å². The van der Waals surface area contributed by atoms with Gasteiger partial charge in [-0.25, -0.2) is 4.68 Å². The minimum Gasteiger partial charge on any atom is -0.247 e. The summed E-state index contributed by atoms with van der Waals surface area (Å²) in [6, 6.07) is 0. The summed E-state index contributed by atoms with van der Waals surface area (Å²) in [5, 5.41) is 8.32. The standard InChI is InChI=1S/C11H21N3/c1-10(2,3)7-9-8-14(13-12-9)11(4,5)6/h8H,7H2,1-6H3. The second-order valence-electron chi connectivity index (χ2n) is 6.06. The van der Waals surface area contributed by atoms with Crippen molar-refractivity contribution in [3.05, 3.63) is 11.9 Å². The topological polar surface area (TPSA) is 30.7 Å². The van der Waals surface area contributed by atoms with Crippen molar-refractivity contribution in [1.82, 2.24) is 15.0 Å². The molecular weight excluding hydrogens is 174 g/mol. The van der Waals surface area contributed by atoms with Gasteiger partial charge in [0.05, 0.1) is 11.2 Å². The van der Waals surface area contributed by atoms with Crippen LogP contribution in [-0.2, 0) is 12.0 Å². The summed E-state index contributed by atoms with van der Waals surface area (Å²) in [7, 11) is 0. The largest absolute Gasteiger partial charge is 0.247 e. The number of aromatic nitrogens is 3. The minimum absolute atomic E-state index is 0.0309. The molecule has 80 valence electrons. The molecule has 14 heavy (non-hydrogen) atoms. The highest BCUT2D eigenvalue weighted by atomic mass is 15.4. The van der Waals surface area contributed by atoms with Crippen molar-refractivity contribution in [1.29, 1.82) is 0 Å². The Morgan fingerprint density at radius 2 is 1.71 bits per heavy atom. The molecule has 0 atom stereocenters. The van der Waals surface area contributed by atoms with E-state index >= 15 is 0 Å². The lowest BCUT2D eigenvalue weighted by Crippen LogP contribution is -2.22. The highest BCUT2D eigenvalue weighted by Crippen LogP contribution is 2.20. The molecule has 0 saturated heterocycles. The normalized spacial score (nSPS) is 13.3. The van der Waals surface area contributed by atoms with Gasteiger partial charge in [0.1, 0.15) is 0 Å². The van der Waals surface area contributed by atoms with E-state index in [9.17, 15) is 0 Å². The predicted molar refractivity (Wildman–Crippen MR) is 58.2 cm³/mol. The highest BCUT2D eigenvalue weighted by molar-refractivity contribution is 4.97. The maximum atomic E-state index is 4.18. The van der Waals surface area contributed by atoms with E-state index in [-0.39, 0.29) is 11.0 Å². The van der Waals surface area contributed by atoms with Gasteiger partial charge in [0.2, 0.25) is 0 Å². The fraction of sp³-hybridized carbons (Fsp3) is 0.818. The average Bonchev–Trinajstić information content (AvgIpc) is 2.29. The van der Waals surface area contributed by atoms with Crippen molar-refractivity contribution in [2.24, 2.45) is 5.41 Å². The zero-order valence-electron chi connectivity index (χ0n) is 10.1. The van der Waals surface area contributed by atoms with Crippen LogP contribution in [0.2, 0.25) is 0 Å². The third-order valence-corrected chi connectivity index (χ3v) is 1.94. The van der Waals surface area contributed by atoms with E-state index in [1.165, 1.54) is 0 Å². The van der Waals surface area contributed by atoms with Crippen molar-refractivity contribution < 1.29 is 0 Å². The molecule has 0 aliphatic heterocycles. The van der Waals surface area contributed by atoms with Crippen LogP contribution in [-0.4, -0.2) is 15.0 Å². The minimum atomic E-state index is 0.0309. The molecule has 1 aromatic heterocycles. The van der Waals surface area contributed by atoms with Crippen LogP contribution in [0.5, 0.6) is 0 Å². The molecule has 1 aromatic rings. The quantitative estimate of drug-likeness (QED) is 0.689. The van der Waals surface area contributed by atoms with Gasteiger partial charge in [-0.15, -0.1) is 5.10 Å². The number of nitrogens with zero attached hydrogens (tertiary/aromatic N) is 3. The molecule has 0 fully saturated rings. The second-order valence-corrected chi connectivity index (χ2v) is 6.06. The van der Waals surface area contributed by atoms with E-state index in [1.807, 2.05) is 10.9 Å². The first-order valence-corrected chi connectivity index (χ1v) is 5.10. The Morgan fingerprint density at radius 1 is 1.14 bits per heavy atom. The van der Waals surface area contributed by atoms with E-state index in [0.717, 1.165) is 12.1 Å². The maximum absolute atomic E-state index is 4.18. The smallest absolute Gasteiger partial charge is 0.0832 e. The van der Waals surface area contributed by atoms with Crippen molar-refractivity contribution in [2.75, 3.05) is 0 Å². The first kappa shape index (κ1) is 11.2. The summed E-state index contributed by atoms with van der Waals surface area (Å²) in [6.07, 6.45) is 3.02. The summed E-state index contributed by atoms with van der Waals surface area (Å²) in [5.74, 6) is 0. The van der Waals surface area contributed by atoms with Gasteiger partial charge < -0.3 is 0 Å². The molecule has 0 aromatic carbocycles. The van der Waals surface area contributed by atoms with Gasteiger partial charge in [0.25, 0.3) is 0 Å². The molecule has 0 radical (unpaired) electrons. The monoisotopic (exact) mass is 195 g/mol. The number of hydrogen-bond acceptors (Lipinski definition) is 2. The fourth-order valence-corrected chi connectivity index (χ4v) is 1.25. The lowest BCUT2D eigenvalue weighted by molar-refractivity contribution is 0.346. The van der Waals surface area contributed by atoms with Crippen molar-refractivity contribution in [3.8, 4) is 0 Å². The second kappa shape index (κ2) is 3.37. The highest BCUT2D eigenvalue weighted by Gasteiger charge is 2.18. The molecule has 0 saturated carbocycles. The molecule has 3 nitrogen and oxygen atoms in total. The molecule has 0 spiro atoms. The number of hydrogen-bond donors (Lipinski definition) is 0. The van der Waals surface area contributed by atoms with E-state index in [0.29, 0.717) is 0 Å². The maximum Gasteiger partial charge on any atom is 0.0832 e. The lowest BCUT2D eigenvalue weighted by Gasteiger charge is -2.18. The predicted octanol–water partition coefficient (Wildman–Crippen LogP) is 2.62. The Morgan fingerprint density at radius 3 is 2.07 bits per heavy atom. The van der Waals surface area contributed by atoms with Crippen LogP contribution in [0.1, 0.15) is 47.2 Å². The van der Waals surface area contributed by atoms with E-state index in [4.69, 9.17) is 0 Å². The Hall–Kier alpha value is -0.860. The van der Waals surface area contributed by atoms with Crippen LogP contribution in [0.3, 0.4) is 0 Å². The summed E-state index contributed by atoms with van der Waals surface area (Å²) in [4.78, 5) is 0. The van der Waals surface area contributed by atoms with Gasteiger partial charge in [-0.05, 0) is 32.6 Å². The molecular formula is C11H21N3. The Kier molecular flexibility index (Phi) is 2.70. The van der Waals surface area contributed by atoms with Crippen molar-refractivity contribution in [3.63, 3.8) is 0 Å². The molecule has 3 heteroatoms. The van der Waals surface area contributed by atoms with Crippen molar-refractivity contribution in [2.45, 2.75) is 53.5 Å².